The highest BCUT2D eigenvalue weighted by atomic mass is 32.2. The Kier molecular flexibility index (Phi) is 6.04. The maximum atomic E-state index is 12.6. The van der Waals surface area contributed by atoms with Crippen LogP contribution >= 0.6 is 11.8 Å². The van der Waals surface area contributed by atoms with Gasteiger partial charge in [-0.2, -0.15) is 16.7 Å². The normalized spacial score (nSPS) is 18.6. The van der Waals surface area contributed by atoms with Gasteiger partial charge in [-0.1, -0.05) is 35.5 Å². The van der Waals surface area contributed by atoms with Crippen LogP contribution in [0.5, 0.6) is 0 Å². The van der Waals surface area contributed by atoms with Crippen LogP contribution in [0.1, 0.15) is 30.1 Å². The number of nitrogens with zero attached hydrogens (tertiary/aromatic N) is 3. The summed E-state index contributed by atoms with van der Waals surface area (Å²) in [4.78, 5) is 19.2. The third kappa shape index (κ3) is 4.68. The van der Waals surface area contributed by atoms with Crippen molar-refractivity contribution in [3.05, 3.63) is 47.6 Å². The molecule has 5 nitrogen and oxygen atoms in total. The van der Waals surface area contributed by atoms with Gasteiger partial charge in [0.1, 0.15) is 5.78 Å². The van der Waals surface area contributed by atoms with Crippen molar-refractivity contribution >= 4 is 17.5 Å². The van der Waals surface area contributed by atoms with Crippen LogP contribution in [-0.4, -0.2) is 40.2 Å². The molecule has 0 unspecified atom stereocenters. The van der Waals surface area contributed by atoms with Gasteiger partial charge in [0, 0.05) is 18.9 Å². The molecule has 0 bridgehead atoms. The molecule has 24 heavy (non-hydrogen) atoms. The predicted molar refractivity (Wildman–Crippen MR) is 94.7 cm³/mol. The lowest BCUT2D eigenvalue weighted by atomic mass is 9.90. The number of benzene rings is 1. The maximum Gasteiger partial charge on any atom is 0.240 e. The smallest absolute Gasteiger partial charge is 0.240 e. The number of rotatable bonds is 7. The second-order valence-electron chi connectivity index (χ2n) is 6.24. The van der Waals surface area contributed by atoms with Crippen molar-refractivity contribution in [2.45, 2.75) is 31.6 Å². The molecule has 1 saturated heterocycles. The molecule has 1 aliphatic rings. The van der Waals surface area contributed by atoms with Crippen molar-refractivity contribution in [2.24, 2.45) is 5.92 Å². The first kappa shape index (κ1) is 17.2. The molecule has 6 heteroatoms. The van der Waals surface area contributed by atoms with E-state index in [9.17, 15) is 4.79 Å². The van der Waals surface area contributed by atoms with Crippen molar-refractivity contribution in [3.8, 4) is 0 Å². The zero-order valence-corrected chi connectivity index (χ0v) is 14.8. The molecule has 1 aliphatic heterocycles. The van der Waals surface area contributed by atoms with Crippen LogP contribution < -0.4 is 0 Å². The molecule has 1 aromatic heterocycles. The Morgan fingerprint density at radius 2 is 2.21 bits per heavy atom. The molecule has 128 valence electrons. The molecule has 2 heterocycles. The van der Waals surface area contributed by atoms with E-state index in [4.69, 9.17) is 4.52 Å². The fourth-order valence-electron chi connectivity index (χ4n) is 3.14. The van der Waals surface area contributed by atoms with E-state index in [0.29, 0.717) is 24.6 Å². The first-order valence-corrected chi connectivity index (χ1v) is 9.73. The van der Waals surface area contributed by atoms with Gasteiger partial charge in [-0.3, -0.25) is 9.69 Å². The average molecular weight is 345 g/mol. The molecule has 1 atom stereocenters. The Labute approximate surface area is 146 Å². The Morgan fingerprint density at radius 1 is 1.38 bits per heavy atom. The topological polar surface area (TPSA) is 59.2 Å². The largest absolute Gasteiger partial charge is 0.338 e. The zero-order valence-electron chi connectivity index (χ0n) is 14.0. The number of ketones is 1. The van der Waals surface area contributed by atoms with Crippen molar-refractivity contribution in [1.29, 1.82) is 0 Å². The number of hydrogen-bond acceptors (Lipinski definition) is 6. The van der Waals surface area contributed by atoms with Crippen molar-refractivity contribution < 1.29 is 9.32 Å². The third-order valence-corrected chi connectivity index (χ3v) is 4.87. The van der Waals surface area contributed by atoms with E-state index in [2.05, 4.69) is 15.0 Å². The van der Waals surface area contributed by atoms with Crippen LogP contribution in [0, 0.1) is 5.92 Å². The lowest BCUT2D eigenvalue weighted by Crippen LogP contribution is -2.38. The van der Waals surface area contributed by atoms with E-state index in [1.54, 1.807) is 11.8 Å². The number of aromatic nitrogens is 2. The van der Waals surface area contributed by atoms with E-state index in [0.717, 1.165) is 43.1 Å². The number of carbonyl (C=O) groups excluding carboxylic acids is 1. The Hall–Kier alpha value is -1.66. The van der Waals surface area contributed by atoms with E-state index in [1.807, 2.05) is 36.6 Å². The van der Waals surface area contributed by atoms with Gasteiger partial charge in [-0.05, 0) is 31.2 Å². The summed E-state index contributed by atoms with van der Waals surface area (Å²) in [5, 5.41) is 3.98. The lowest BCUT2D eigenvalue weighted by Gasteiger charge is -2.30. The van der Waals surface area contributed by atoms with Crippen LogP contribution in [0.25, 0.3) is 0 Å². The van der Waals surface area contributed by atoms with E-state index in [-0.39, 0.29) is 5.92 Å². The summed E-state index contributed by atoms with van der Waals surface area (Å²) in [6.45, 7) is 2.40. The highest BCUT2D eigenvalue weighted by Gasteiger charge is 2.26. The number of Topliss-reactive ketones (excluding diaryl/α,β-unsaturated/α-hetero) is 1. The first-order chi connectivity index (χ1) is 11.7. The fourth-order valence-corrected chi connectivity index (χ4v) is 3.51. The highest BCUT2D eigenvalue weighted by Crippen LogP contribution is 2.21. The fraction of sp³-hybridized carbons (Fsp3) is 0.500. The molecule has 2 aromatic rings. The number of likely N-dealkylation sites (tertiary alicyclic amines) is 1. The molecule has 0 spiro atoms. The summed E-state index contributed by atoms with van der Waals surface area (Å²) in [6, 6.07) is 9.98. The molecular formula is C18H23N3O2S. The minimum atomic E-state index is 0.104. The quantitative estimate of drug-likeness (QED) is 0.769. The number of thioether (sulfide) groups is 1. The zero-order chi connectivity index (χ0) is 16.8. The minimum Gasteiger partial charge on any atom is -0.338 e. The van der Waals surface area contributed by atoms with Crippen molar-refractivity contribution in [3.63, 3.8) is 0 Å². The standard InChI is InChI=1S/C18H23N3O2S/c1-24-13-17-19-18(23-20-17)12-21-9-5-8-15(11-21)16(22)10-14-6-3-2-4-7-14/h2-4,6-7,15H,5,8-13H2,1H3/t15-/m0/s1. The summed E-state index contributed by atoms with van der Waals surface area (Å²) in [5.74, 6) is 2.59. The van der Waals surface area contributed by atoms with Gasteiger partial charge in [-0.15, -0.1) is 0 Å². The molecule has 0 N–H and O–H groups in total. The molecule has 3 rings (SSSR count). The Balaban J connectivity index is 1.54. The third-order valence-electron chi connectivity index (χ3n) is 4.32. The number of hydrogen-bond donors (Lipinski definition) is 0. The molecular weight excluding hydrogens is 322 g/mol. The van der Waals surface area contributed by atoms with Gasteiger partial charge in [0.25, 0.3) is 0 Å². The Bertz CT molecular complexity index is 659. The van der Waals surface area contributed by atoms with Crippen LogP contribution in [0.4, 0.5) is 0 Å². The van der Waals surface area contributed by atoms with Crippen LogP contribution in [0.15, 0.2) is 34.9 Å². The summed E-state index contributed by atoms with van der Waals surface area (Å²) < 4.78 is 5.31. The average Bonchev–Trinajstić information content (AvgIpc) is 3.03. The minimum absolute atomic E-state index is 0.104. The van der Waals surface area contributed by atoms with Gasteiger partial charge < -0.3 is 4.52 Å². The van der Waals surface area contributed by atoms with Gasteiger partial charge >= 0.3 is 0 Å². The number of piperidine rings is 1. The molecule has 1 aromatic carbocycles. The predicted octanol–water partition coefficient (Wildman–Crippen LogP) is 2.96. The SMILES string of the molecule is CSCc1noc(CN2CCC[C@H](C(=O)Cc3ccccc3)C2)n1. The maximum absolute atomic E-state index is 12.6. The molecule has 0 aliphatic carbocycles. The molecule has 1 fully saturated rings. The molecule has 0 radical (unpaired) electrons. The highest BCUT2D eigenvalue weighted by molar-refractivity contribution is 7.97. The van der Waals surface area contributed by atoms with Gasteiger partial charge in [-0.25, -0.2) is 0 Å². The molecule has 0 saturated carbocycles. The second kappa shape index (κ2) is 8.44. The van der Waals surface area contributed by atoms with Crippen LogP contribution in [0.3, 0.4) is 0 Å². The van der Waals surface area contributed by atoms with Gasteiger partial charge in [0.2, 0.25) is 5.89 Å². The van der Waals surface area contributed by atoms with E-state index in [1.165, 1.54) is 0 Å². The van der Waals surface area contributed by atoms with Crippen LogP contribution in [-0.2, 0) is 23.5 Å². The van der Waals surface area contributed by atoms with Gasteiger partial charge in [0.05, 0.1) is 12.3 Å². The monoisotopic (exact) mass is 345 g/mol. The second-order valence-corrected chi connectivity index (χ2v) is 7.11. The summed E-state index contributed by atoms with van der Waals surface area (Å²) in [5.41, 5.74) is 1.10. The summed E-state index contributed by atoms with van der Waals surface area (Å²) in [7, 11) is 0. The number of carbonyl (C=O) groups is 1. The van der Waals surface area contributed by atoms with Crippen molar-refractivity contribution in [2.75, 3.05) is 19.3 Å². The van der Waals surface area contributed by atoms with E-state index >= 15 is 0 Å². The van der Waals surface area contributed by atoms with Crippen LogP contribution in [0.2, 0.25) is 0 Å². The molecule has 0 amide bonds. The van der Waals surface area contributed by atoms with E-state index < -0.39 is 0 Å². The Morgan fingerprint density at radius 3 is 3.00 bits per heavy atom. The van der Waals surface area contributed by atoms with Crippen molar-refractivity contribution in [1.82, 2.24) is 15.0 Å². The lowest BCUT2D eigenvalue weighted by molar-refractivity contribution is -0.124. The first-order valence-electron chi connectivity index (χ1n) is 8.34. The summed E-state index contributed by atoms with van der Waals surface area (Å²) >= 11 is 1.68. The summed E-state index contributed by atoms with van der Waals surface area (Å²) in [6.07, 6.45) is 4.56. The van der Waals surface area contributed by atoms with Gasteiger partial charge in [0.15, 0.2) is 5.82 Å².